The predicted molar refractivity (Wildman–Crippen MR) is 101 cm³/mol. The maximum absolute atomic E-state index is 12.3. The van der Waals surface area contributed by atoms with Crippen molar-refractivity contribution in [2.24, 2.45) is 0 Å². The molecule has 1 aromatic heterocycles. The fraction of sp³-hybridized carbons (Fsp3) is 0.421. The number of aliphatic hydroxyl groups is 1. The molecule has 2 N–H and O–H groups in total. The Morgan fingerprint density at radius 3 is 2.56 bits per heavy atom. The number of piperazine rings is 1. The molecule has 134 valence electrons. The highest BCUT2D eigenvalue weighted by molar-refractivity contribution is 7.10. The van der Waals surface area contributed by atoms with Gasteiger partial charge in [-0.05, 0) is 23.4 Å². The molecule has 5 nitrogen and oxygen atoms in total. The van der Waals surface area contributed by atoms with Crippen molar-refractivity contribution in [2.45, 2.75) is 12.5 Å². The van der Waals surface area contributed by atoms with Crippen LogP contribution in [0.4, 0.5) is 4.79 Å². The molecule has 1 aliphatic heterocycles. The Balaban J connectivity index is 1.36. The average Bonchev–Trinajstić information content (AvgIpc) is 3.18. The minimum absolute atomic E-state index is 0.00869. The zero-order valence-electron chi connectivity index (χ0n) is 14.3. The summed E-state index contributed by atoms with van der Waals surface area (Å²) in [6.45, 7) is 4.29. The van der Waals surface area contributed by atoms with Crippen LogP contribution in [0.3, 0.4) is 0 Å². The lowest BCUT2D eigenvalue weighted by Gasteiger charge is -2.35. The molecule has 1 saturated heterocycles. The zero-order chi connectivity index (χ0) is 17.5. The summed E-state index contributed by atoms with van der Waals surface area (Å²) in [4.78, 5) is 17.3. The maximum atomic E-state index is 12.3. The van der Waals surface area contributed by atoms with Gasteiger partial charge in [0, 0.05) is 44.1 Å². The molecule has 2 amide bonds. The van der Waals surface area contributed by atoms with Crippen LogP contribution < -0.4 is 5.32 Å². The van der Waals surface area contributed by atoms with Crippen molar-refractivity contribution in [2.75, 3.05) is 39.3 Å². The molecule has 0 radical (unpaired) electrons. The van der Waals surface area contributed by atoms with Crippen molar-refractivity contribution in [1.82, 2.24) is 15.1 Å². The van der Waals surface area contributed by atoms with Crippen LogP contribution in [-0.2, 0) is 6.42 Å². The van der Waals surface area contributed by atoms with E-state index in [9.17, 15) is 9.90 Å². The smallest absolute Gasteiger partial charge is 0.317 e. The summed E-state index contributed by atoms with van der Waals surface area (Å²) in [5.74, 6) is 0. The first kappa shape index (κ1) is 17.9. The molecule has 1 fully saturated rings. The first-order chi connectivity index (χ1) is 12.2. The highest BCUT2D eigenvalue weighted by Crippen LogP contribution is 2.20. The van der Waals surface area contributed by atoms with E-state index in [0.29, 0.717) is 26.2 Å². The van der Waals surface area contributed by atoms with Gasteiger partial charge in [0.05, 0.1) is 0 Å². The number of benzene rings is 1. The Kier molecular flexibility index (Phi) is 6.44. The second kappa shape index (κ2) is 8.99. The second-order valence-corrected chi connectivity index (χ2v) is 7.27. The summed E-state index contributed by atoms with van der Waals surface area (Å²) in [6, 6.07) is 14.1. The van der Waals surface area contributed by atoms with E-state index in [4.69, 9.17) is 0 Å². The lowest BCUT2D eigenvalue weighted by Crippen LogP contribution is -2.52. The lowest BCUT2D eigenvalue weighted by atomic mass is 10.1. The van der Waals surface area contributed by atoms with Gasteiger partial charge in [-0.25, -0.2) is 4.79 Å². The summed E-state index contributed by atoms with van der Waals surface area (Å²) < 4.78 is 0. The third-order valence-electron chi connectivity index (χ3n) is 4.49. The topological polar surface area (TPSA) is 55.8 Å². The predicted octanol–water partition coefficient (Wildman–Crippen LogP) is 2.35. The molecule has 1 atom stereocenters. The normalized spacial score (nSPS) is 16.6. The Bertz CT molecular complexity index is 640. The van der Waals surface area contributed by atoms with Crippen LogP contribution in [0.1, 0.15) is 16.5 Å². The van der Waals surface area contributed by atoms with Gasteiger partial charge in [0.1, 0.15) is 6.10 Å². The number of urea groups is 1. The number of carbonyl (C=O) groups is 1. The molecule has 1 aromatic carbocycles. The highest BCUT2D eigenvalue weighted by Gasteiger charge is 2.22. The molecular formula is C19H25N3O2S. The van der Waals surface area contributed by atoms with Gasteiger partial charge in [-0.3, -0.25) is 4.90 Å². The minimum Gasteiger partial charge on any atom is -0.386 e. The molecule has 0 saturated carbocycles. The monoisotopic (exact) mass is 359 g/mol. The SMILES string of the molecule is O=C(NCCc1ccccc1)N1CCN(CC(O)c2cccs2)CC1. The van der Waals surface area contributed by atoms with Crippen LogP contribution in [0.15, 0.2) is 47.8 Å². The molecule has 1 unspecified atom stereocenters. The molecule has 6 heteroatoms. The molecule has 0 spiro atoms. The number of hydrogen-bond acceptors (Lipinski definition) is 4. The Labute approximate surface area is 152 Å². The maximum Gasteiger partial charge on any atom is 0.317 e. The van der Waals surface area contributed by atoms with Crippen LogP contribution in [0.2, 0.25) is 0 Å². The number of hydrogen-bond donors (Lipinski definition) is 2. The van der Waals surface area contributed by atoms with E-state index in [-0.39, 0.29) is 6.03 Å². The van der Waals surface area contributed by atoms with Gasteiger partial charge in [0.2, 0.25) is 0 Å². The van der Waals surface area contributed by atoms with Crippen molar-refractivity contribution >= 4 is 17.4 Å². The Morgan fingerprint density at radius 2 is 1.88 bits per heavy atom. The minimum atomic E-state index is -0.439. The number of thiophene rings is 1. The lowest BCUT2D eigenvalue weighted by molar-refractivity contribution is 0.0827. The standard InChI is InChI=1S/C19H25N3O2S/c23-17(18-7-4-14-25-18)15-21-10-12-22(13-11-21)19(24)20-9-8-16-5-2-1-3-6-16/h1-7,14,17,23H,8-13,15H2,(H,20,24). The first-order valence-corrected chi connectivity index (χ1v) is 9.61. The quantitative estimate of drug-likeness (QED) is 0.832. The number of aliphatic hydroxyl groups excluding tert-OH is 1. The third-order valence-corrected chi connectivity index (χ3v) is 5.47. The van der Waals surface area contributed by atoms with Crippen LogP contribution >= 0.6 is 11.3 Å². The largest absolute Gasteiger partial charge is 0.386 e. The molecular weight excluding hydrogens is 334 g/mol. The fourth-order valence-electron chi connectivity index (χ4n) is 3.02. The Hall–Kier alpha value is -1.89. The van der Waals surface area contributed by atoms with Crippen molar-refractivity contribution < 1.29 is 9.90 Å². The number of rotatable bonds is 6. The van der Waals surface area contributed by atoms with Gasteiger partial charge in [0.25, 0.3) is 0 Å². The molecule has 2 aromatic rings. The second-order valence-electron chi connectivity index (χ2n) is 6.29. The van der Waals surface area contributed by atoms with Crippen molar-refractivity contribution in [3.8, 4) is 0 Å². The summed E-state index contributed by atoms with van der Waals surface area (Å²) in [7, 11) is 0. The van der Waals surface area contributed by atoms with Gasteiger partial charge >= 0.3 is 6.03 Å². The number of β-amino-alcohol motifs (C(OH)–C–C–N with tert-alkyl or cyclic N) is 1. The highest BCUT2D eigenvalue weighted by atomic mass is 32.1. The van der Waals surface area contributed by atoms with E-state index in [1.54, 1.807) is 11.3 Å². The number of nitrogens with one attached hydrogen (secondary N) is 1. The van der Waals surface area contributed by atoms with Gasteiger partial charge < -0.3 is 15.3 Å². The molecule has 1 aliphatic rings. The summed E-state index contributed by atoms with van der Waals surface area (Å²) in [5, 5.41) is 15.2. The van der Waals surface area contributed by atoms with E-state index in [2.05, 4.69) is 22.3 Å². The first-order valence-electron chi connectivity index (χ1n) is 8.73. The summed E-state index contributed by atoms with van der Waals surface area (Å²) >= 11 is 1.58. The van der Waals surface area contributed by atoms with E-state index in [1.165, 1.54) is 5.56 Å². The molecule has 0 aliphatic carbocycles. The zero-order valence-corrected chi connectivity index (χ0v) is 15.1. The van der Waals surface area contributed by atoms with E-state index in [1.807, 2.05) is 40.6 Å². The summed E-state index contributed by atoms with van der Waals surface area (Å²) in [6.07, 6.45) is 0.408. The van der Waals surface area contributed by atoms with Gasteiger partial charge in [-0.15, -0.1) is 11.3 Å². The fourth-order valence-corrected chi connectivity index (χ4v) is 3.72. The van der Waals surface area contributed by atoms with E-state index < -0.39 is 6.10 Å². The van der Waals surface area contributed by atoms with Crippen molar-refractivity contribution in [3.63, 3.8) is 0 Å². The van der Waals surface area contributed by atoms with Crippen LogP contribution in [0, 0.1) is 0 Å². The molecule has 2 heterocycles. The third kappa shape index (κ3) is 5.29. The molecule has 25 heavy (non-hydrogen) atoms. The number of nitrogens with zero attached hydrogens (tertiary/aromatic N) is 2. The molecule has 3 rings (SSSR count). The van der Waals surface area contributed by atoms with E-state index >= 15 is 0 Å². The Morgan fingerprint density at radius 1 is 1.12 bits per heavy atom. The van der Waals surface area contributed by atoms with Gasteiger partial charge in [0.15, 0.2) is 0 Å². The van der Waals surface area contributed by atoms with Crippen LogP contribution in [0.5, 0.6) is 0 Å². The van der Waals surface area contributed by atoms with Crippen LogP contribution in [0.25, 0.3) is 0 Å². The van der Waals surface area contributed by atoms with Crippen molar-refractivity contribution in [3.05, 3.63) is 58.3 Å². The summed E-state index contributed by atoms with van der Waals surface area (Å²) in [5.41, 5.74) is 1.23. The van der Waals surface area contributed by atoms with Crippen molar-refractivity contribution in [1.29, 1.82) is 0 Å². The van der Waals surface area contributed by atoms with Gasteiger partial charge in [-0.2, -0.15) is 0 Å². The van der Waals surface area contributed by atoms with Crippen LogP contribution in [-0.4, -0.2) is 60.2 Å². The number of amides is 2. The number of carbonyl (C=O) groups excluding carboxylic acids is 1. The molecule has 0 bridgehead atoms. The van der Waals surface area contributed by atoms with Gasteiger partial charge in [-0.1, -0.05) is 36.4 Å². The van der Waals surface area contributed by atoms with E-state index in [0.717, 1.165) is 24.4 Å². The average molecular weight is 359 g/mol.